The number of aromatic nitrogens is 2. The highest BCUT2D eigenvalue weighted by Gasteiger charge is 2.29. The lowest BCUT2D eigenvalue weighted by Crippen LogP contribution is -2.42. The van der Waals surface area contributed by atoms with E-state index >= 15 is 0 Å². The topological polar surface area (TPSA) is 99.4 Å². The lowest BCUT2D eigenvalue weighted by molar-refractivity contribution is -0.143. The second-order valence-electron chi connectivity index (χ2n) is 5.51. The summed E-state index contributed by atoms with van der Waals surface area (Å²) in [4.78, 5) is 25.1. The number of aliphatic carboxylic acids is 1. The molecule has 1 unspecified atom stereocenters. The highest BCUT2D eigenvalue weighted by molar-refractivity contribution is 5.93. The average molecular weight is 303 g/mol. The number of carboxylic acids is 1. The fourth-order valence-corrected chi connectivity index (χ4v) is 2.66. The quantitative estimate of drug-likeness (QED) is 0.902. The van der Waals surface area contributed by atoms with Crippen molar-refractivity contribution in [3.8, 4) is 11.5 Å². The zero-order chi connectivity index (χ0) is 15.7. The predicted molar refractivity (Wildman–Crippen MR) is 77.3 cm³/mol. The van der Waals surface area contributed by atoms with E-state index in [1.165, 1.54) is 0 Å². The summed E-state index contributed by atoms with van der Waals surface area (Å²) < 4.78 is 5.48. The summed E-state index contributed by atoms with van der Waals surface area (Å²) in [6.07, 6.45) is 1.30. The van der Waals surface area contributed by atoms with Crippen LogP contribution in [0.15, 0.2) is 22.6 Å². The van der Waals surface area contributed by atoms with Gasteiger partial charge in [0.2, 0.25) is 0 Å². The molecule has 2 N–H and O–H groups in total. The number of aryl methyl sites for hydroxylation is 1. The van der Waals surface area contributed by atoms with Gasteiger partial charge < -0.3 is 14.4 Å². The molecule has 7 nitrogen and oxygen atoms in total. The summed E-state index contributed by atoms with van der Waals surface area (Å²) in [7, 11) is 0. The third-order valence-corrected chi connectivity index (χ3v) is 3.86. The lowest BCUT2D eigenvalue weighted by Gasteiger charge is -2.30. The predicted octanol–water partition coefficient (Wildman–Crippen LogP) is 1.91. The van der Waals surface area contributed by atoms with E-state index in [0.717, 1.165) is 5.76 Å². The van der Waals surface area contributed by atoms with Crippen molar-refractivity contribution in [1.82, 2.24) is 15.1 Å². The molecule has 2 aromatic rings. The van der Waals surface area contributed by atoms with Gasteiger partial charge in [-0.25, -0.2) is 0 Å². The summed E-state index contributed by atoms with van der Waals surface area (Å²) in [5, 5.41) is 15.9. The van der Waals surface area contributed by atoms with E-state index in [-0.39, 0.29) is 18.1 Å². The molecule has 3 heterocycles. The molecule has 0 spiro atoms. The molecule has 0 radical (unpaired) electrons. The molecule has 22 heavy (non-hydrogen) atoms. The molecule has 1 atom stereocenters. The van der Waals surface area contributed by atoms with Gasteiger partial charge in [0, 0.05) is 19.2 Å². The molecule has 1 aliphatic rings. The lowest BCUT2D eigenvalue weighted by atomic mass is 9.98. The van der Waals surface area contributed by atoms with E-state index in [2.05, 4.69) is 10.2 Å². The van der Waals surface area contributed by atoms with Crippen LogP contribution in [0, 0.1) is 12.8 Å². The maximum absolute atomic E-state index is 12.4. The van der Waals surface area contributed by atoms with Gasteiger partial charge in [-0.05, 0) is 31.9 Å². The summed E-state index contributed by atoms with van der Waals surface area (Å²) in [5.74, 6) is -0.212. The minimum Gasteiger partial charge on any atom is -0.481 e. The summed E-state index contributed by atoms with van der Waals surface area (Å²) in [6.45, 7) is 2.63. The number of furan rings is 1. The number of piperidine rings is 1. The second-order valence-corrected chi connectivity index (χ2v) is 5.51. The van der Waals surface area contributed by atoms with Crippen LogP contribution < -0.4 is 0 Å². The van der Waals surface area contributed by atoms with Gasteiger partial charge >= 0.3 is 5.97 Å². The first-order valence-electron chi connectivity index (χ1n) is 7.19. The molecule has 1 saturated heterocycles. The number of hydrogen-bond acceptors (Lipinski definition) is 4. The molecule has 1 amide bonds. The first-order chi connectivity index (χ1) is 10.5. The number of carbonyl (C=O) groups is 2. The molecule has 0 aromatic carbocycles. The van der Waals surface area contributed by atoms with Gasteiger partial charge in [0.1, 0.15) is 11.5 Å². The van der Waals surface area contributed by atoms with Crippen LogP contribution in [0.25, 0.3) is 11.5 Å². The number of carboxylic acid groups (broad SMARTS) is 1. The Morgan fingerprint density at radius 2 is 2.27 bits per heavy atom. The molecule has 2 aromatic heterocycles. The number of rotatable bonds is 3. The fourth-order valence-electron chi connectivity index (χ4n) is 2.66. The van der Waals surface area contributed by atoms with E-state index in [0.29, 0.717) is 30.8 Å². The molecular weight excluding hydrogens is 286 g/mol. The molecule has 7 heteroatoms. The van der Waals surface area contributed by atoms with Crippen molar-refractivity contribution in [3.05, 3.63) is 29.7 Å². The van der Waals surface area contributed by atoms with Crippen LogP contribution in [0.4, 0.5) is 0 Å². The van der Waals surface area contributed by atoms with E-state index in [4.69, 9.17) is 9.52 Å². The van der Waals surface area contributed by atoms with Crippen molar-refractivity contribution in [2.45, 2.75) is 19.8 Å². The van der Waals surface area contributed by atoms with Gasteiger partial charge in [0.15, 0.2) is 11.5 Å². The Morgan fingerprint density at radius 1 is 1.45 bits per heavy atom. The van der Waals surface area contributed by atoms with Gasteiger partial charge in [-0.1, -0.05) is 0 Å². The Morgan fingerprint density at radius 3 is 2.95 bits per heavy atom. The SMILES string of the molecule is Cc1ccc(-c2cc(C(=O)N3CCCC(C(=O)O)C3)n[nH]2)o1. The normalized spacial score (nSPS) is 18.4. The number of hydrogen-bond donors (Lipinski definition) is 2. The van der Waals surface area contributed by atoms with Crippen LogP contribution in [0.1, 0.15) is 29.1 Å². The summed E-state index contributed by atoms with van der Waals surface area (Å²) in [6, 6.07) is 5.27. The van der Waals surface area contributed by atoms with E-state index in [9.17, 15) is 9.59 Å². The van der Waals surface area contributed by atoms with Gasteiger partial charge in [-0.2, -0.15) is 5.10 Å². The molecule has 0 aliphatic carbocycles. The molecular formula is C15H17N3O4. The highest BCUT2D eigenvalue weighted by atomic mass is 16.4. The van der Waals surface area contributed by atoms with Crippen LogP contribution in [0.2, 0.25) is 0 Å². The largest absolute Gasteiger partial charge is 0.481 e. The maximum atomic E-state index is 12.4. The Labute approximate surface area is 126 Å². The first-order valence-corrected chi connectivity index (χ1v) is 7.19. The van der Waals surface area contributed by atoms with Crippen molar-refractivity contribution in [3.63, 3.8) is 0 Å². The Balaban J connectivity index is 1.75. The second kappa shape index (κ2) is 5.67. The zero-order valence-corrected chi connectivity index (χ0v) is 12.2. The maximum Gasteiger partial charge on any atom is 0.308 e. The van der Waals surface area contributed by atoms with Crippen LogP contribution in [-0.2, 0) is 4.79 Å². The third-order valence-electron chi connectivity index (χ3n) is 3.86. The number of aromatic amines is 1. The Bertz CT molecular complexity index is 703. The van der Waals surface area contributed by atoms with Crippen molar-refractivity contribution < 1.29 is 19.1 Å². The van der Waals surface area contributed by atoms with E-state index < -0.39 is 11.9 Å². The van der Waals surface area contributed by atoms with Gasteiger partial charge in [0.25, 0.3) is 5.91 Å². The van der Waals surface area contributed by atoms with Crippen LogP contribution in [0.5, 0.6) is 0 Å². The van der Waals surface area contributed by atoms with Crippen molar-refractivity contribution >= 4 is 11.9 Å². The first kappa shape index (κ1) is 14.4. The van der Waals surface area contributed by atoms with Gasteiger partial charge in [0.05, 0.1) is 5.92 Å². The van der Waals surface area contributed by atoms with Gasteiger partial charge in [-0.3, -0.25) is 14.7 Å². The minimum atomic E-state index is -0.855. The molecule has 1 fully saturated rings. The smallest absolute Gasteiger partial charge is 0.308 e. The summed E-state index contributed by atoms with van der Waals surface area (Å²) >= 11 is 0. The van der Waals surface area contributed by atoms with E-state index in [1.807, 2.05) is 13.0 Å². The Kier molecular flexibility index (Phi) is 3.70. The number of amides is 1. The highest BCUT2D eigenvalue weighted by Crippen LogP contribution is 2.22. The standard InChI is InChI=1S/C15H17N3O4/c1-9-4-5-13(22-9)11-7-12(17-16-11)14(19)18-6-2-3-10(8-18)15(20)21/h4-5,7,10H,2-3,6,8H2,1H3,(H,16,17)(H,20,21). The monoisotopic (exact) mass is 303 g/mol. The zero-order valence-electron chi connectivity index (χ0n) is 12.2. The van der Waals surface area contributed by atoms with Crippen LogP contribution in [-0.4, -0.2) is 45.2 Å². The number of carbonyl (C=O) groups excluding carboxylic acids is 1. The minimum absolute atomic E-state index is 0.232. The third kappa shape index (κ3) is 2.74. The molecule has 3 rings (SSSR count). The molecule has 0 saturated carbocycles. The molecule has 116 valence electrons. The number of nitrogens with one attached hydrogen (secondary N) is 1. The molecule has 0 bridgehead atoms. The number of H-pyrrole nitrogens is 1. The number of nitrogens with zero attached hydrogens (tertiary/aromatic N) is 2. The Hall–Kier alpha value is -2.57. The van der Waals surface area contributed by atoms with E-state index in [1.54, 1.807) is 17.0 Å². The van der Waals surface area contributed by atoms with Crippen molar-refractivity contribution in [2.75, 3.05) is 13.1 Å². The van der Waals surface area contributed by atoms with Crippen molar-refractivity contribution in [2.24, 2.45) is 5.92 Å². The summed E-state index contributed by atoms with van der Waals surface area (Å²) in [5.41, 5.74) is 0.901. The van der Waals surface area contributed by atoms with Gasteiger partial charge in [-0.15, -0.1) is 0 Å². The number of likely N-dealkylation sites (tertiary alicyclic amines) is 1. The van der Waals surface area contributed by atoms with Crippen molar-refractivity contribution in [1.29, 1.82) is 0 Å². The van der Waals surface area contributed by atoms with Crippen LogP contribution in [0.3, 0.4) is 0 Å². The average Bonchev–Trinajstić information content (AvgIpc) is 3.15. The molecule has 1 aliphatic heterocycles. The fraction of sp³-hybridized carbons (Fsp3) is 0.400. The van der Waals surface area contributed by atoms with Crippen LogP contribution >= 0.6 is 0 Å².